The summed E-state index contributed by atoms with van der Waals surface area (Å²) in [6.45, 7) is 0.568. The van der Waals surface area contributed by atoms with Crippen molar-refractivity contribution in [3.8, 4) is 0 Å². The van der Waals surface area contributed by atoms with Crippen LogP contribution in [0.5, 0.6) is 0 Å². The normalized spacial score (nSPS) is 21.8. The van der Waals surface area contributed by atoms with Gasteiger partial charge < -0.3 is 5.73 Å². The summed E-state index contributed by atoms with van der Waals surface area (Å²) < 4.78 is 25.6. The van der Waals surface area contributed by atoms with Gasteiger partial charge in [-0.15, -0.1) is 0 Å². The van der Waals surface area contributed by atoms with E-state index >= 15 is 0 Å². The molecular formula is C12H18N2O2S. The Kier molecular flexibility index (Phi) is 3.81. The maximum atomic E-state index is 12.1. The Labute approximate surface area is 102 Å². The second kappa shape index (κ2) is 5.16. The summed E-state index contributed by atoms with van der Waals surface area (Å²) in [5.74, 6) is 0.144. The van der Waals surface area contributed by atoms with Crippen LogP contribution in [0.15, 0.2) is 30.3 Å². The van der Waals surface area contributed by atoms with E-state index in [1.54, 1.807) is 0 Å². The fraction of sp³-hybridized carbons (Fsp3) is 0.500. The van der Waals surface area contributed by atoms with Crippen molar-refractivity contribution in [1.82, 2.24) is 4.31 Å². The van der Waals surface area contributed by atoms with E-state index in [-0.39, 0.29) is 11.9 Å². The van der Waals surface area contributed by atoms with Gasteiger partial charge in [0.2, 0.25) is 10.0 Å². The van der Waals surface area contributed by atoms with Crippen LogP contribution >= 0.6 is 0 Å². The quantitative estimate of drug-likeness (QED) is 0.869. The Morgan fingerprint density at radius 3 is 2.59 bits per heavy atom. The first kappa shape index (κ1) is 12.5. The molecule has 2 N–H and O–H groups in total. The van der Waals surface area contributed by atoms with E-state index in [9.17, 15) is 8.42 Å². The van der Waals surface area contributed by atoms with E-state index < -0.39 is 10.0 Å². The molecule has 1 fully saturated rings. The monoisotopic (exact) mass is 254 g/mol. The van der Waals surface area contributed by atoms with Crippen molar-refractivity contribution in [3.63, 3.8) is 0 Å². The molecule has 0 amide bonds. The minimum absolute atomic E-state index is 0.144. The summed E-state index contributed by atoms with van der Waals surface area (Å²) in [6, 6.07) is 9.65. The average Bonchev–Trinajstić information content (AvgIpc) is 2.75. The molecule has 1 aromatic rings. The van der Waals surface area contributed by atoms with Crippen LogP contribution in [0.3, 0.4) is 0 Å². The largest absolute Gasteiger partial charge is 0.315 e. The fourth-order valence-electron chi connectivity index (χ4n) is 2.12. The molecule has 5 heteroatoms. The Balaban J connectivity index is 1.98. The molecule has 17 heavy (non-hydrogen) atoms. The van der Waals surface area contributed by atoms with Crippen LogP contribution in [-0.4, -0.2) is 31.2 Å². The van der Waals surface area contributed by atoms with Crippen molar-refractivity contribution >= 4 is 10.0 Å². The van der Waals surface area contributed by atoms with Crippen LogP contribution in [0, 0.1) is 0 Å². The SMILES string of the molecule is NC1CCCN1S(=O)(=O)CCc1ccccc1. The van der Waals surface area contributed by atoms with Crippen LogP contribution in [0.4, 0.5) is 0 Å². The third-order valence-corrected chi connectivity index (χ3v) is 4.99. The van der Waals surface area contributed by atoms with Gasteiger partial charge in [0.25, 0.3) is 0 Å². The fourth-order valence-corrected chi connectivity index (χ4v) is 3.77. The summed E-state index contributed by atoms with van der Waals surface area (Å²) >= 11 is 0. The van der Waals surface area contributed by atoms with E-state index in [0.717, 1.165) is 18.4 Å². The molecule has 1 atom stereocenters. The van der Waals surface area contributed by atoms with Crippen molar-refractivity contribution in [2.75, 3.05) is 12.3 Å². The van der Waals surface area contributed by atoms with E-state index in [1.807, 2.05) is 30.3 Å². The summed E-state index contributed by atoms with van der Waals surface area (Å²) in [5, 5.41) is 0. The number of aryl methyl sites for hydroxylation is 1. The molecule has 0 bridgehead atoms. The molecule has 0 spiro atoms. The van der Waals surface area contributed by atoms with Gasteiger partial charge in [-0.2, -0.15) is 4.31 Å². The molecule has 1 unspecified atom stereocenters. The minimum Gasteiger partial charge on any atom is -0.315 e. The van der Waals surface area contributed by atoms with Crippen molar-refractivity contribution in [2.45, 2.75) is 25.4 Å². The maximum absolute atomic E-state index is 12.1. The van der Waals surface area contributed by atoms with Gasteiger partial charge in [0, 0.05) is 6.54 Å². The number of benzene rings is 1. The van der Waals surface area contributed by atoms with Gasteiger partial charge >= 0.3 is 0 Å². The lowest BCUT2D eigenvalue weighted by Gasteiger charge is -2.20. The first-order valence-corrected chi connectivity index (χ1v) is 7.49. The van der Waals surface area contributed by atoms with E-state index in [2.05, 4.69) is 0 Å². The van der Waals surface area contributed by atoms with Crippen LogP contribution in [-0.2, 0) is 16.4 Å². The molecule has 0 saturated carbocycles. The predicted octanol–water partition coefficient (Wildman–Crippen LogP) is 0.939. The van der Waals surface area contributed by atoms with Gasteiger partial charge in [-0.25, -0.2) is 8.42 Å². The number of hydrogen-bond donors (Lipinski definition) is 1. The molecule has 1 heterocycles. The molecule has 94 valence electrons. The van der Waals surface area contributed by atoms with Crippen LogP contribution < -0.4 is 5.73 Å². The van der Waals surface area contributed by atoms with Crippen molar-refractivity contribution in [1.29, 1.82) is 0 Å². The number of nitrogens with two attached hydrogens (primary N) is 1. The topological polar surface area (TPSA) is 63.4 Å². The van der Waals surface area contributed by atoms with Gasteiger partial charge in [0.1, 0.15) is 0 Å². The number of rotatable bonds is 4. The molecule has 4 nitrogen and oxygen atoms in total. The number of hydrogen-bond acceptors (Lipinski definition) is 3. The highest BCUT2D eigenvalue weighted by molar-refractivity contribution is 7.89. The molecule has 1 aliphatic rings. The van der Waals surface area contributed by atoms with E-state index in [1.165, 1.54) is 4.31 Å². The summed E-state index contributed by atoms with van der Waals surface area (Å²) in [6.07, 6.45) is 1.86. The molecule has 2 rings (SSSR count). The zero-order chi connectivity index (χ0) is 12.3. The van der Waals surface area contributed by atoms with Crippen LogP contribution in [0.25, 0.3) is 0 Å². The Morgan fingerprint density at radius 2 is 2.00 bits per heavy atom. The van der Waals surface area contributed by atoms with Gasteiger partial charge in [0.15, 0.2) is 0 Å². The lowest BCUT2D eigenvalue weighted by atomic mass is 10.2. The first-order chi connectivity index (χ1) is 8.09. The number of nitrogens with zero attached hydrogens (tertiary/aromatic N) is 1. The third kappa shape index (κ3) is 3.06. The third-order valence-electron chi connectivity index (χ3n) is 3.10. The molecule has 0 radical (unpaired) electrons. The molecule has 1 aromatic carbocycles. The van der Waals surface area contributed by atoms with Crippen LogP contribution in [0.2, 0.25) is 0 Å². The summed E-state index contributed by atoms with van der Waals surface area (Å²) in [4.78, 5) is 0. The maximum Gasteiger partial charge on any atom is 0.215 e. The zero-order valence-electron chi connectivity index (χ0n) is 9.75. The second-order valence-corrected chi connectivity index (χ2v) is 6.41. The lowest BCUT2D eigenvalue weighted by molar-refractivity contribution is 0.396. The van der Waals surface area contributed by atoms with E-state index in [4.69, 9.17) is 5.73 Å². The molecule has 0 aliphatic carbocycles. The highest BCUT2D eigenvalue weighted by Crippen LogP contribution is 2.18. The van der Waals surface area contributed by atoms with Gasteiger partial charge in [0.05, 0.1) is 11.9 Å². The second-order valence-electron chi connectivity index (χ2n) is 4.37. The van der Waals surface area contributed by atoms with Gasteiger partial charge in [-0.3, -0.25) is 0 Å². The Bertz CT molecular complexity index is 459. The first-order valence-electron chi connectivity index (χ1n) is 5.88. The molecule has 1 saturated heterocycles. The van der Waals surface area contributed by atoms with E-state index in [0.29, 0.717) is 13.0 Å². The van der Waals surface area contributed by atoms with Crippen molar-refractivity contribution < 1.29 is 8.42 Å². The lowest BCUT2D eigenvalue weighted by Crippen LogP contribution is -2.42. The summed E-state index contributed by atoms with van der Waals surface area (Å²) in [7, 11) is -3.20. The highest BCUT2D eigenvalue weighted by Gasteiger charge is 2.31. The Hall–Kier alpha value is -0.910. The highest BCUT2D eigenvalue weighted by atomic mass is 32.2. The molecule has 0 aromatic heterocycles. The van der Waals surface area contributed by atoms with Crippen LogP contribution in [0.1, 0.15) is 18.4 Å². The summed E-state index contributed by atoms with van der Waals surface area (Å²) in [5.41, 5.74) is 6.83. The molecule has 1 aliphatic heterocycles. The number of sulfonamides is 1. The van der Waals surface area contributed by atoms with Crippen molar-refractivity contribution in [2.24, 2.45) is 5.73 Å². The van der Waals surface area contributed by atoms with Gasteiger partial charge in [-0.05, 0) is 24.8 Å². The standard InChI is InChI=1S/C12H18N2O2S/c13-12-7-4-9-14(12)17(15,16)10-8-11-5-2-1-3-6-11/h1-3,5-6,12H,4,7-10,13H2. The Morgan fingerprint density at radius 1 is 1.29 bits per heavy atom. The zero-order valence-corrected chi connectivity index (χ0v) is 10.6. The minimum atomic E-state index is -3.20. The molecular weight excluding hydrogens is 236 g/mol. The average molecular weight is 254 g/mol. The predicted molar refractivity (Wildman–Crippen MR) is 67.8 cm³/mol. The van der Waals surface area contributed by atoms with Crippen molar-refractivity contribution in [3.05, 3.63) is 35.9 Å². The smallest absolute Gasteiger partial charge is 0.215 e. The van der Waals surface area contributed by atoms with Gasteiger partial charge in [-0.1, -0.05) is 30.3 Å².